The summed E-state index contributed by atoms with van der Waals surface area (Å²) in [6, 6.07) is 1.76. The number of hydrogen-bond donors (Lipinski definition) is 1. The summed E-state index contributed by atoms with van der Waals surface area (Å²) in [5.74, 6) is 0.176. The van der Waals surface area contributed by atoms with Crippen molar-refractivity contribution >= 4 is 39.2 Å². The summed E-state index contributed by atoms with van der Waals surface area (Å²) in [5, 5.41) is 12.6. The van der Waals surface area contributed by atoms with Gasteiger partial charge in [0.15, 0.2) is 11.5 Å². The van der Waals surface area contributed by atoms with Crippen LogP contribution in [0.3, 0.4) is 0 Å². The SMILES string of the molecule is Fc1c2ncc3c(nc(OC[C@@]45CCCN4C[C@H](F)C5)nc13)N1CCCC3(C1)CC(F)(C3)c1noc(n1)CCc1c(Cl)cc3[nH]ncc3c1-2. The van der Waals surface area contributed by atoms with E-state index in [1.807, 2.05) is 0 Å². The number of nitrogens with one attached hydrogen (secondary N) is 1. The first-order valence-electron chi connectivity index (χ1n) is 17.0. The molecule has 3 saturated heterocycles. The quantitative estimate of drug-likeness (QED) is 0.240. The Hall–Kier alpha value is -4.04. The zero-order valence-electron chi connectivity index (χ0n) is 26.6. The van der Waals surface area contributed by atoms with Crippen LogP contribution >= 0.6 is 11.6 Å². The Morgan fingerprint density at radius 2 is 1.96 bits per heavy atom. The average Bonchev–Trinajstić information content (AvgIpc) is 3.86. The van der Waals surface area contributed by atoms with E-state index in [0.717, 1.165) is 32.2 Å². The summed E-state index contributed by atoms with van der Waals surface area (Å²) in [7, 11) is 0. The van der Waals surface area contributed by atoms with Gasteiger partial charge in [0.2, 0.25) is 11.7 Å². The summed E-state index contributed by atoms with van der Waals surface area (Å²) in [5.41, 5.74) is -0.686. The molecule has 7 aliphatic rings. The molecule has 12 rings (SSSR count). The fourth-order valence-corrected chi connectivity index (χ4v) is 9.81. The van der Waals surface area contributed by atoms with Crippen molar-refractivity contribution < 1.29 is 22.4 Å². The number of H-pyrrole nitrogens is 1. The Labute approximate surface area is 283 Å². The van der Waals surface area contributed by atoms with Gasteiger partial charge in [-0.25, -0.2) is 13.2 Å². The second-order valence-electron chi connectivity index (χ2n) is 14.8. The van der Waals surface area contributed by atoms with Crippen molar-refractivity contribution in [1.82, 2.24) is 40.2 Å². The van der Waals surface area contributed by atoms with E-state index in [-0.39, 0.29) is 60.2 Å². The molecule has 15 heteroatoms. The lowest BCUT2D eigenvalue weighted by Gasteiger charge is -2.55. The molecular weight excluding hydrogens is 659 g/mol. The van der Waals surface area contributed by atoms with E-state index in [2.05, 4.69) is 35.1 Å². The van der Waals surface area contributed by atoms with E-state index in [9.17, 15) is 4.39 Å². The molecule has 49 heavy (non-hydrogen) atoms. The molecule has 1 spiro atoms. The number of alkyl halides is 2. The minimum Gasteiger partial charge on any atom is -0.461 e. The number of hydrogen-bond acceptors (Lipinski definition) is 10. The smallest absolute Gasteiger partial charge is 0.319 e. The van der Waals surface area contributed by atoms with E-state index in [0.29, 0.717) is 70.7 Å². The number of aromatic amines is 1. The number of aryl methyl sites for hydroxylation is 1. The summed E-state index contributed by atoms with van der Waals surface area (Å²) in [6.07, 6.45) is 7.14. The molecule has 5 aromatic rings. The maximum Gasteiger partial charge on any atom is 0.319 e. The van der Waals surface area contributed by atoms with Gasteiger partial charge < -0.3 is 14.2 Å². The second kappa shape index (κ2) is 10.5. The lowest BCUT2D eigenvalue weighted by Crippen LogP contribution is -2.56. The minimum absolute atomic E-state index is 0.0202. The molecule has 1 saturated carbocycles. The zero-order valence-corrected chi connectivity index (χ0v) is 27.4. The topological polar surface area (TPSA) is 122 Å². The molecule has 11 nitrogen and oxygen atoms in total. The van der Waals surface area contributed by atoms with Gasteiger partial charge in [0.1, 0.15) is 29.8 Å². The molecule has 6 aliphatic heterocycles. The van der Waals surface area contributed by atoms with Gasteiger partial charge >= 0.3 is 6.01 Å². The third-order valence-corrected chi connectivity index (χ3v) is 12.0. The van der Waals surface area contributed by atoms with Crippen LogP contribution in [0.1, 0.15) is 62.2 Å². The van der Waals surface area contributed by atoms with Gasteiger partial charge in [-0.05, 0) is 68.5 Å². The van der Waals surface area contributed by atoms with Crippen molar-refractivity contribution in [3.05, 3.63) is 46.6 Å². The molecule has 2 atom stereocenters. The number of anilines is 1. The second-order valence-corrected chi connectivity index (χ2v) is 15.2. The van der Waals surface area contributed by atoms with Crippen LogP contribution in [0.25, 0.3) is 33.1 Å². The zero-order chi connectivity index (χ0) is 33.1. The van der Waals surface area contributed by atoms with Crippen molar-refractivity contribution in [2.75, 3.05) is 37.7 Å². The standard InChI is InChI=1S/C34H33ClF3N9O2/c35-22-9-23-20(12-40-44-23)25-19(22)3-4-24-41-30(45-49-24)34(38)14-32(15-34)5-1-7-46(16-32)29-21-11-39-28(25)26(37)27(21)42-31(43-29)48-17-33-6-2-8-47(33)13-18(36)10-33/h9,11-12,18H,1-8,10,13-17H2,(H,40,44)/t18-,32?,33+,34?/m1/s1. The largest absolute Gasteiger partial charge is 0.461 e. The Bertz CT molecular complexity index is 2150. The number of aromatic nitrogens is 7. The highest BCUT2D eigenvalue weighted by Crippen LogP contribution is 2.60. The summed E-state index contributed by atoms with van der Waals surface area (Å²) in [6.45, 7) is 2.55. The number of rotatable bonds is 3. The Balaban J connectivity index is 1.16. The summed E-state index contributed by atoms with van der Waals surface area (Å²) < 4.78 is 60.0. The van der Waals surface area contributed by atoms with Gasteiger partial charge in [0.05, 0.1) is 22.6 Å². The molecule has 4 fully saturated rings. The van der Waals surface area contributed by atoms with Crippen molar-refractivity contribution in [2.24, 2.45) is 5.41 Å². The maximum atomic E-state index is 17.2. The molecule has 9 bridgehead atoms. The Kier molecular flexibility index (Phi) is 6.39. The predicted octanol–water partition coefficient (Wildman–Crippen LogP) is 6.04. The molecule has 0 unspecified atom stereocenters. The van der Waals surface area contributed by atoms with Crippen molar-refractivity contribution in [1.29, 1.82) is 0 Å². The van der Waals surface area contributed by atoms with Gasteiger partial charge in [-0.3, -0.25) is 15.0 Å². The molecular formula is C34H33ClF3N9O2. The normalized spacial score (nSPS) is 29.4. The number of fused-ring (bicyclic) bond motifs is 2. The van der Waals surface area contributed by atoms with Crippen molar-refractivity contribution in [3.63, 3.8) is 0 Å². The van der Waals surface area contributed by atoms with Crippen LogP contribution in [-0.4, -0.2) is 84.7 Å². The lowest BCUT2D eigenvalue weighted by atomic mass is 9.56. The highest BCUT2D eigenvalue weighted by atomic mass is 35.5. The molecule has 10 heterocycles. The molecule has 254 valence electrons. The van der Waals surface area contributed by atoms with E-state index >= 15 is 8.78 Å². The average molecular weight is 692 g/mol. The van der Waals surface area contributed by atoms with Crippen LogP contribution in [0.2, 0.25) is 5.02 Å². The molecule has 1 N–H and O–H groups in total. The first kappa shape index (κ1) is 29.8. The van der Waals surface area contributed by atoms with Gasteiger partial charge in [-0.1, -0.05) is 16.8 Å². The predicted molar refractivity (Wildman–Crippen MR) is 174 cm³/mol. The monoisotopic (exact) mass is 691 g/mol. The number of ether oxygens (including phenoxy) is 1. The molecule has 1 aliphatic carbocycles. The van der Waals surface area contributed by atoms with Gasteiger partial charge in [0, 0.05) is 54.6 Å². The number of halogens is 4. The van der Waals surface area contributed by atoms with E-state index in [1.165, 1.54) is 0 Å². The van der Waals surface area contributed by atoms with Crippen LogP contribution in [0.4, 0.5) is 19.0 Å². The van der Waals surface area contributed by atoms with Gasteiger partial charge in [-0.15, -0.1) is 0 Å². The van der Waals surface area contributed by atoms with Crippen LogP contribution in [0.5, 0.6) is 6.01 Å². The molecule has 0 radical (unpaired) electrons. The highest BCUT2D eigenvalue weighted by Gasteiger charge is 2.60. The van der Waals surface area contributed by atoms with Crippen LogP contribution in [0.15, 0.2) is 23.0 Å². The van der Waals surface area contributed by atoms with Gasteiger partial charge in [-0.2, -0.15) is 20.1 Å². The van der Waals surface area contributed by atoms with E-state index in [4.69, 9.17) is 30.8 Å². The first-order valence-corrected chi connectivity index (χ1v) is 17.4. The Morgan fingerprint density at radius 3 is 2.86 bits per heavy atom. The highest BCUT2D eigenvalue weighted by molar-refractivity contribution is 6.33. The third kappa shape index (κ3) is 4.51. The number of pyridine rings is 1. The summed E-state index contributed by atoms with van der Waals surface area (Å²) in [4.78, 5) is 22.9. The van der Waals surface area contributed by atoms with E-state index in [1.54, 1.807) is 18.5 Å². The Morgan fingerprint density at radius 1 is 1.08 bits per heavy atom. The molecule has 4 aromatic heterocycles. The first-order chi connectivity index (χ1) is 23.7. The number of nitrogens with zero attached hydrogens (tertiary/aromatic N) is 8. The molecule has 1 aromatic carbocycles. The van der Waals surface area contributed by atoms with Crippen LogP contribution < -0.4 is 9.64 Å². The molecule has 0 amide bonds. The summed E-state index contributed by atoms with van der Waals surface area (Å²) >= 11 is 6.85. The third-order valence-electron chi connectivity index (χ3n) is 11.6. The number of benzene rings is 1. The van der Waals surface area contributed by atoms with Crippen LogP contribution in [0, 0.1) is 11.2 Å². The van der Waals surface area contributed by atoms with Gasteiger partial charge in [0.25, 0.3) is 0 Å². The fourth-order valence-electron chi connectivity index (χ4n) is 9.51. The van der Waals surface area contributed by atoms with Crippen molar-refractivity contribution in [2.45, 2.75) is 75.2 Å². The van der Waals surface area contributed by atoms with E-state index < -0.39 is 23.2 Å². The fraction of sp³-hybridized carbons (Fsp3) is 0.529. The van der Waals surface area contributed by atoms with Crippen LogP contribution in [-0.2, 0) is 18.5 Å². The minimum atomic E-state index is -1.70. The van der Waals surface area contributed by atoms with Crippen molar-refractivity contribution in [3.8, 4) is 17.3 Å². The number of piperidine rings is 1. The lowest BCUT2D eigenvalue weighted by molar-refractivity contribution is -0.0866. The maximum absolute atomic E-state index is 17.2.